The number of halogens is 1. The Bertz CT molecular complexity index is 432. The van der Waals surface area contributed by atoms with Gasteiger partial charge in [0, 0.05) is 11.0 Å². The van der Waals surface area contributed by atoms with Crippen molar-refractivity contribution in [2.75, 3.05) is 19.0 Å². The number of rotatable bonds is 6. The van der Waals surface area contributed by atoms with Crippen molar-refractivity contribution >= 4 is 27.6 Å². The minimum Gasteiger partial charge on any atom is -0.495 e. The maximum atomic E-state index is 11.0. The number of aliphatic carboxylic acids is 1. The second-order valence-corrected chi connectivity index (χ2v) is 5.63. The molecule has 0 saturated heterocycles. The highest BCUT2D eigenvalue weighted by atomic mass is 79.9. The minimum absolute atomic E-state index is 0.540. The molecule has 1 aromatic carbocycles. The summed E-state index contributed by atoms with van der Waals surface area (Å²) in [6.45, 7) is 4.01. The zero-order chi connectivity index (χ0) is 13.8. The number of carbonyl (C=O) groups is 1. The van der Waals surface area contributed by atoms with Crippen molar-refractivity contribution in [2.45, 2.75) is 20.3 Å². The van der Waals surface area contributed by atoms with Crippen LogP contribution in [-0.2, 0) is 4.79 Å². The van der Waals surface area contributed by atoms with Crippen molar-refractivity contribution < 1.29 is 14.6 Å². The van der Waals surface area contributed by atoms with Gasteiger partial charge in [-0.1, -0.05) is 15.9 Å². The number of carboxylic acid groups (broad SMARTS) is 1. The fourth-order valence-corrected chi connectivity index (χ4v) is 1.80. The highest BCUT2D eigenvalue weighted by molar-refractivity contribution is 9.10. The third-order valence-corrected chi connectivity index (χ3v) is 3.30. The monoisotopic (exact) mass is 315 g/mol. The lowest BCUT2D eigenvalue weighted by Gasteiger charge is -2.20. The Morgan fingerprint density at radius 1 is 1.50 bits per heavy atom. The fraction of sp³-hybridized carbons (Fsp3) is 0.462. The quantitative estimate of drug-likeness (QED) is 0.845. The molecule has 0 heterocycles. The van der Waals surface area contributed by atoms with Gasteiger partial charge in [0.1, 0.15) is 5.75 Å². The van der Waals surface area contributed by atoms with Gasteiger partial charge in [0.05, 0.1) is 18.2 Å². The number of carboxylic acids is 1. The highest BCUT2D eigenvalue weighted by Crippen LogP contribution is 2.28. The van der Waals surface area contributed by atoms with E-state index < -0.39 is 11.4 Å². The lowest BCUT2D eigenvalue weighted by Crippen LogP contribution is -2.26. The third kappa shape index (κ3) is 3.91. The van der Waals surface area contributed by atoms with Crippen LogP contribution in [0.5, 0.6) is 5.75 Å². The lowest BCUT2D eigenvalue weighted by atomic mass is 9.90. The Balaban J connectivity index is 2.64. The van der Waals surface area contributed by atoms with E-state index in [1.165, 1.54) is 0 Å². The molecule has 0 saturated carbocycles. The second kappa shape index (κ2) is 6.09. The molecule has 4 nitrogen and oxygen atoms in total. The van der Waals surface area contributed by atoms with Crippen molar-refractivity contribution in [3.8, 4) is 5.75 Å². The molecule has 5 heteroatoms. The van der Waals surface area contributed by atoms with Crippen LogP contribution in [0, 0.1) is 5.41 Å². The summed E-state index contributed by atoms with van der Waals surface area (Å²) in [4.78, 5) is 11.0. The molecule has 0 spiro atoms. The van der Waals surface area contributed by atoms with Gasteiger partial charge in [0.2, 0.25) is 0 Å². The molecule has 2 N–H and O–H groups in total. The lowest BCUT2D eigenvalue weighted by molar-refractivity contribution is -0.147. The first-order chi connectivity index (χ1) is 8.36. The van der Waals surface area contributed by atoms with E-state index in [0.717, 1.165) is 15.9 Å². The van der Waals surface area contributed by atoms with Gasteiger partial charge in [-0.2, -0.15) is 0 Å². The zero-order valence-corrected chi connectivity index (χ0v) is 12.4. The molecular formula is C13H18BrNO3. The van der Waals surface area contributed by atoms with Gasteiger partial charge in [-0.05, 0) is 38.5 Å². The number of methoxy groups -OCH3 is 1. The normalized spacial score (nSPS) is 11.1. The van der Waals surface area contributed by atoms with Crippen LogP contribution in [0.3, 0.4) is 0 Å². The summed E-state index contributed by atoms with van der Waals surface area (Å²) in [6.07, 6.45) is 0.540. The Kier molecular flexibility index (Phi) is 5.02. The minimum atomic E-state index is -0.787. The van der Waals surface area contributed by atoms with E-state index in [9.17, 15) is 4.79 Å². The molecule has 100 valence electrons. The van der Waals surface area contributed by atoms with Gasteiger partial charge in [0.15, 0.2) is 0 Å². The Morgan fingerprint density at radius 2 is 2.17 bits per heavy atom. The van der Waals surface area contributed by atoms with Crippen LogP contribution in [0.15, 0.2) is 22.7 Å². The summed E-state index contributed by atoms with van der Waals surface area (Å²) in [5, 5.41) is 12.2. The fourth-order valence-electron chi connectivity index (χ4n) is 1.43. The largest absolute Gasteiger partial charge is 0.495 e. The first-order valence-corrected chi connectivity index (χ1v) is 6.47. The van der Waals surface area contributed by atoms with Crippen LogP contribution < -0.4 is 10.1 Å². The van der Waals surface area contributed by atoms with Gasteiger partial charge in [0.25, 0.3) is 0 Å². The van der Waals surface area contributed by atoms with E-state index >= 15 is 0 Å². The summed E-state index contributed by atoms with van der Waals surface area (Å²) >= 11 is 3.39. The molecule has 0 amide bonds. The number of anilines is 1. The molecule has 0 bridgehead atoms. The average molecular weight is 316 g/mol. The molecule has 0 aliphatic carbocycles. The van der Waals surface area contributed by atoms with E-state index in [1.54, 1.807) is 21.0 Å². The van der Waals surface area contributed by atoms with Crippen LogP contribution in [0.4, 0.5) is 5.69 Å². The number of ether oxygens (including phenoxy) is 1. The molecule has 0 aliphatic heterocycles. The summed E-state index contributed by atoms with van der Waals surface area (Å²) in [5.74, 6) is -0.0446. The smallest absolute Gasteiger partial charge is 0.309 e. The summed E-state index contributed by atoms with van der Waals surface area (Å²) in [5.41, 5.74) is 0.125. The average Bonchev–Trinajstić information content (AvgIpc) is 2.29. The third-order valence-electron chi connectivity index (χ3n) is 2.81. The van der Waals surface area contributed by atoms with Crippen molar-refractivity contribution in [2.24, 2.45) is 5.41 Å². The van der Waals surface area contributed by atoms with Gasteiger partial charge in [-0.15, -0.1) is 0 Å². The van der Waals surface area contributed by atoms with Gasteiger partial charge in [-0.25, -0.2) is 0 Å². The SMILES string of the molecule is COc1ccc(Br)cc1NCCC(C)(C)C(=O)O. The Morgan fingerprint density at radius 3 is 2.72 bits per heavy atom. The van der Waals surface area contributed by atoms with E-state index in [4.69, 9.17) is 9.84 Å². The predicted octanol–water partition coefficient (Wildman–Crippen LogP) is 3.37. The first-order valence-electron chi connectivity index (χ1n) is 5.67. The van der Waals surface area contributed by atoms with Gasteiger partial charge in [-0.3, -0.25) is 4.79 Å². The molecule has 1 aromatic rings. The maximum Gasteiger partial charge on any atom is 0.309 e. The standard InChI is InChI=1S/C13H18BrNO3/c1-13(2,12(16)17)6-7-15-10-8-9(14)4-5-11(10)18-3/h4-5,8,15H,6-7H2,1-3H3,(H,16,17). The van der Waals surface area contributed by atoms with E-state index in [0.29, 0.717) is 13.0 Å². The molecule has 18 heavy (non-hydrogen) atoms. The number of hydrogen-bond acceptors (Lipinski definition) is 3. The summed E-state index contributed by atoms with van der Waals surface area (Å²) in [7, 11) is 1.61. The summed E-state index contributed by atoms with van der Waals surface area (Å²) in [6, 6.07) is 5.66. The number of hydrogen-bond donors (Lipinski definition) is 2. The van der Waals surface area contributed by atoms with E-state index in [-0.39, 0.29) is 0 Å². The molecule has 1 rings (SSSR count). The molecule has 0 atom stereocenters. The van der Waals surface area contributed by atoms with Crippen molar-refractivity contribution in [1.82, 2.24) is 0 Å². The van der Waals surface area contributed by atoms with Gasteiger partial charge >= 0.3 is 5.97 Å². The van der Waals surface area contributed by atoms with Crippen LogP contribution in [0.25, 0.3) is 0 Å². The van der Waals surface area contributed by atoms with Crippen LogP contribution in [-0.4, -0.2) is 24.7 Å². The van der Waals surface area contributed by atoms with Gasteiger partial charge < -0.3 is 15.2 Å². The molecule has 0 radical (unpaired) electrons. The zero-order valence-electron chi connectivity index (χ0n) is 10.8. The number of nitrogens with one attached hydrogen (secondary N) is 1. The van der Waals surface area contributed by atoms with Crippen LogP contribution in [0.2, 0.25) is 0 Å². The first kappa shape index (κ1) is 14.8. The van der Waals surface area contributed by atoms with Crippen molar-refractivity contribution in [3.05, 3.63) is 22.7 Å². The molecule has 0 aliphatic rings. The predicted molar refractivity (Wildman–Crippen MR) is 75.2 cm³/mol. The van der Waals surface area contributed by atoms with E-state index in [2.05, 4.69) is 21.2 Å². The van der Waals surface area contributed by atoms with Crippen molar-refractivity contribution in [3.63, 3.8) is 0 Å². The van der Waals surface area contributed by atoms with Crippen LogP contribution >= 0.6 is 15.9 Å². The van der Waals surface area contributed by atoms with Crippen molar-refractivity contribution in [1.29, 1.82) is 0 Å². The maximum absolute atomic E-state index is 11.0. The Labute approximate surface area is 115 Å². The molecular weight excluding hydrogens is 298 g/mol. The summed E-state index contributed by atoms with van der Waals surface area (Å²) < 4.78 is 6.18. The molecule has 0 unspecified atom stereocenters. The number of benzene rings is 1. The molecule has 0 fully saturated rings. The topological polar surface area (TPSA) is 58.6 Å². The second-order valence-electron chi connectivity index (χ2n) is 4.71. The van der Waals surface area contributed by atoms with E-state index in [1.807, 2.05) is 18.2 Å². The Hall–Kier alpha value is -1.23. The highest BCUT2D eigenvalue weighted by Gasteiger charge is 2.26. The molecule has 0 aromatic heterocycles. The van der Waals surface area contributed by atoms with Crippen LogP contribution in [0.1, 0.15) is 20.3 Å².